The molecule has 0 fully saturated rings. The Bertz CT molecular complexity index is 245. The third-order valence-corrected chi connectivity index (χ3v) is 5.41. The van der Waals surface area contributed by atoms with Crippen molar-refractivity contribution in [1.29, 1.82) is 0 Å². The number of nitrogens with one attached hydrogen (secondary N) is 2. The molecule has 0 saturated carbocycles. The van der Waals surface area contributed by atoms with Crippen LogP contribution in [0.25, 0.3) is 0 Å². The van der Waals surface area contributed by atoms with E-state index in [1.807, 2.05) is 0 Å². The average Bonchev–Trinajstić information content (AvgIpc) is 2.67. The first kappa shape index (κ1) is 25.8. The smallest absolute Gasteiger partial charge is 0.117 e. The van der Waals surface area contributed by atoms with Gasteiger partial charge in [0.2, 0.25) is 0 Å². The van der Waals surface area contributed by atoms with Gasteiger partial charge < -0.3 is 0 Å². The lowest BCUT2D eigenvalue weighted by Crippen LogP contribution is -2.60. The van der Waals surface area contributed by atoms with E-state index in [1.54, 1.807) is 0 Å². The Hall–Kier alpha value is -0.240. The van der Waals surface area contributed by atoms with Crippen LogP contribution < -0.4 is 10.6 Å². The van der Waals surface area contributed by atoms with Crippen LogP contribution in [0.4, 0.5) is 0 Å². The molecule has 0 bridgehead atoms. The molecule has 0 aliphatic rings. The summed E-state index contributed by atoms with van der Waals surface area (Å²) in [7, 11) is 0. The summed E-state index contributed by atoms with van der Waals surface area (Å²) in [6.45, 7) is 28.5. The maximum atomic E-state index is 3.78. The lowest BCUT2D eigenvalue weighted by atomic mass is 10.4. The zero-order valence-corrected chi connectivity index (χ0v) is 19.0. The molecule has 0 unspecified atom stereocenters. The van der Waals surface area contributed by atoms with Crippen LogP contribution in [0.3, 0.4) is 0 Å². The molecule has 0 spiro atoms. The number of hydrogen-bond donors (Lipinski definition) is 2. The maximum Gasteiger partial charge on any atom is 0.117 e. The van der Waals surface area contributed by atoms with Gasteiger partial charge in [0.15, 0.2) is 0 Å². The molecule has 26 heavy (non-hydrogen) atoms. The Balaban J connectivity index is 4.78. The Labute approximate surface area is 164 Å². The van der Waals surface area contributed by atoms with E-state index in [0.717, 1.165) is 65.4 Å². The highest BCUT2D eigenvalue weighted by atomic mass is 15.5. The summed E-state index contributed by atoms with van der Waals surface area (Å²) in [5, 5.41) is 7.56. The first-order valence-electron chi connectivity index (χ1n) is 11.0. The maximum absolute atomic E-state index is 3.78. The van der Waals surface area contributed by atoms with Crippen LogP contribution in [0.1, 0.15) is 55.4 Å². The molecule has 0 amide bonds. The predicted molar refractivity (Wildman–Crippen MR) is 115 cm³/mol. The molecule has 0 aromatic rings. The summed E-state index contributed by atoms with van der Waals surface area (Å²) in [5.74, 6) is 0. The van der Waals surface area contributed by atoms with Crippen molar-refractivity contribution < 1.29 is 0 Å². The second kappa shape index (κ2) is 15.8. The summed E-state index contributed by atoms with van der Waals surface area (Å²) >= 11 is 0. The monoisotopic (exact) mass is 372 g/mol. The number of rotatable bonds is 17. The van der Waals surface area contributed by atoms with Gasteiger partial charge >= 0.3 is 0 Å². The van der Waals surface area contributed by atoms with Crippen molar-refractivity contribution >= 4 is 0 Å². The van der Waals surface area contributed by atoms with Crippen molar-refractivity contribution in [3.05, 3.63) is 0 Å². The third-order valence-electron chi connectivity index (χ3n) is 5.41. The average molecular weight is 373 g/mol. The highest BCUT2D eigenvalue weighted by Gasteiger charge is 2.22. The van der Waals surface area contributed by atoms with E-state index in [-0.39, 0.29) is 0 Å². The molecule has 0 rings (SSSR count). The molecule has 0 radical (unpaired) electrons. The summed E-state index contributed by atoms with van der Waals surface area (Å²) in [6.07, 6.45) is 0.643. The molecule has 2 N–H and O–H groups in total. The minimum Gasteiger partial charge on any atom is -0.288 e. The summed E-state index contributed by atoms with van der Waals surface area (Å²) in [5.41, 5.74) is 0. The Kier molecular flexibility index (Phi) is 15.6. The quantitative estimate of drug-likeness (QED) is 0.301. The highest BCUT2D eigenvalue weighted by Crippen LogP contribution is 2.05. The zero-order valence-electron chi connectivity index (χ0n) is 19.0. The van der Waals surface area contributed by atoms with Crippen LogP contribution in [0.2, 0.25) is 0 Å². The fourth-order valence-electron chi connectivity index (χ4n) is 3.66. The first-order valence-corrected chi connectivity index (χ1v) is 11.0. The molecule has 158 valence electrons. The third kappa shape index (κ3) is 8.19. The van der Waals surface area contributed by atoms with Gasteiger partial charge in [0.05, 0.1) is 0 Å². The fraction of sp³-hybridized carbons (Fsp3) is 1.00. The first-order chi connectivity index (χ1) is 12.6. The van der Waals surface area contributed by atoms with E-state index in [1.165, 1.54) is 0 Å². The Morgan fingerprint density at radius 2 is 0.615 bits per heavy atom. The van der Waals surface area contributed by atoms with Crippen molar-refractivity contribution in [2.45, 2.75) is 68.0 Å². The summed E-state index contributed by atoms with van der Waals surface area (Å²) < 4.78 is 0. The molecule has 0 aromatic carbocycles. The van der Waals surface area contributed by atoms with Gasteiger partial charge in [-0.05, 0) is 52.4 Å². The van der Waals surface area contributed by atoms with Gasteiger partial charge in [0.25, 0.3) is 0 Å². The minimum atomic E-state index is 0.321. The van der Waals surface area contributed by atoms with E-state index in [2.05, 4.69) is 85.6 Å². The molecule has 6 heteroatoms. The van der Waals surface area contributed by atoms with Gasteiger partial charge in [-0.1, -0.05) is 55.4 Å². The van der Waals surface area contributed by atoms with Crippen LogP contribution in [-0.4, -0.2) is 97.6 Å². The van der Waals surface area contributed by atoms with Gasteiger partial charge in [-0.15, -0.1) is 0 Å². The number of nitrogens with zero attached hydrogens (tertiary/aromatic N) is 4. The Morgan fingerprint density at radius 1 is 0.423 bits per heavy atom. The van der Waals surface area contributed by atoms with E-state index >= 15 is 0 Å². The highest BCUT2D eigenvalue weighted by molar-refractivity contribution is 4.72. The van der Waals surface area contributed by atoms with Gasteiger partial charge in [0.1, 0.15) is 12.6 Å². The van der Waals surface area contributed by atoms with E-state index in [0.29, 0.717) is 12.6 Å². The standard InChI is InChI=1S/C20H48N6/c1-9-23(10-2)19(24(11-3)12-4)21-17-18-22-20(25(13-5)14-6)26(15-7)16-8/h19-22H,9-18H2,1-8H3. The normalized spacial score (nSPS) is 12.7. The molecule has 0 aliphatic heterocycles. The fourth-order valence-corrected chi connectivity index (χ4v) is 3.66. The zero-order chi connectivity index (χ0) is 19.9. The van der Waals surface area contributed by atoms with Gasteiger partial charge in [-0.25, -0.2) is 0 Å². The second-order valence-electron chi connectivity index (χ2n) is 6.54. The SMILES string of the molecule is CCN(CC)C(NCCNC(N(CC)CC)N(CC)CC)N(CC)CC. The molecular formula is C20H48N6. The van der Waals surface area contributed by atoms with E-state index in [4.69, 9.17) is 0 Å². The van der Waals surface area contributed by atoms with Crippen LogP contribution in [0, 0.1) is 0 Å². The Morgan fingerprint density at radius 3 is 0.769 bits per heavy atom. The molecule has 0 aromatic heterocycles. The van der Waals surface area contributed by atoms with Gasteiger partial charge in [0, 0.05) is 13.1 Å². The minimum absolute atomic E-state index is 0.321. The predicted octanol–water partition coefficient (Wildman–Crippen LogP) is 2.10. The van der Waals surface area contributed by atoms with Crippen molar-refractivity contribution in [2.75, 3.05) is 65.4 Å². The molecule has 0 aliphatic carbocycles. The van der Waals surface area contributed by atoms with Crippen LogP contribution in [-0.2, 0) is 0 Å². The topological polar surface area (TPSA) is 37.0 Å². The largest absolute Gasteiger partial charge is 0.288 e. The molecule has 6 nitrogen and oxygen atoms in total. The molecule has 0 saturated heterocycles. The van der Waals surface area contributed by atoms with Crippen molar-refractivity contribution in [1.82, 2.24) is 30.2 Å². The van der Waals surface area contributed by atoms with Gasteiger partial charge in [-0.3, -0.25) is 30.2 Å². The van der Waals surface area contributed by atoms with E-state index < -0.39 is 0 Å². The summed E-state index contributed by atoms with van der Waals surface area (Å²) in [6, 6.07) is 0. The second-order valence-corrected chi connectivity index (χ2v) is 6.54. The van der Waals surface area contributed by atoms with E-state index in [9.17, 15) is 0 Å². The van der Waals surface area contributed by atoms with Crippen molar-refractivity contribution in [3.8, 4) is 0 Å². The lowest BCUT2D eigenvalue weighted by molar-refractivity contribution is 0.0201. The van der Waals surface area contributed by atoms with Crippen molar-refractivity contribution in [3.63, 3.8) is 0 Å². The molecular weight excluding hydrogens is 324 g/mol. The molecule has 0 heterocycles. The number of hydrogen-bond acceptors (Lipinski definition) is 6. The van der Waals surface area contributed by atoms with Crippen LogP contribution >= 0.6 is 0 Å². The molecule has 0 atom stereocenters. The van der Waals surface area contributed by atoms with Gasteiger partial charge in [-0.2, -0.15) is 0 Å². The lowest BCUT2D eigenvalue weighted by Gasteiger charge is -2.40. The van der Waals surface area contributed by atoms with Crippen LogP contribution in [0.5, 0.6) is 0 Å². The van der Waals surface area contributed by atoms with Crippen LogP contribution in [0.15, 0.2) is 0 Å². The summed E-state index contributed by atoms with van der Waals surface area (Å²) in [4.78, 5) is 10.00. The van der Waals surface area contributed by atoms with Crippen molar-refractivity contribution in [2.24, 2.45) is 0 Å².